The summed E-state index contributed by atoms with van der Waals surface area (Å²) in [6.07, 6.45) is 1.50. The van der Waals surface area contributed by atoms with E-state index in [1.807, 2.05) is 42.5 Å². The summed E-state index contributed by atoms with van der Waals surface area (Å²) in [4.78, 5) is 24.9. The van der Waals surface area contributed by atoms with Crippen molar-refractivity contribution in [2.45, 2.75) is 12.0 Å². The number of aliphatic hydroxyl groups is 1. The number of aliphatic hydroxyl groups excluding tert-OH is 1. The van der Waals surface area contributed by atoms with E-state index < -0.39 is 29.7 Å². The van der Waals surface area contributed by atoms with Crippen molar-refractivity contribution in [3.63, 3.8) is 0 Å². The predicted molar refractivity (Wildman–Crippen MR) is 104 cm³/mol. The fourth-order valence-corrected chi connectivity index (χ4v) is 3.44. The van der Waals surface area contributed by atoms with Crippen molar-refractivity contribution in [2.75, 3.05) is 14.2 Å². The van der Waals surface area contributed by atoms with Crippen molar-refractivity contribution in [3.05, 3.63) is 88.2 Å². The van der Waals surface area contributed by atoms with Gasteiger partial charge in [-0.3, -0.25) is 0 Å². The third kappa shape index (κ3) is 3.42. The van der Waals surface area contributed by atoms with Crippen LogP contribution >= 0.6 is 0 Å². The van der Waals surface area contributed by atoms with Gasteiger partial charge in [-0.1, -0.05) is 54.6 Å². The molecule has 0 spiro atoms. The molecule has 0 amide bonds. The number of hydrogen-bond donors (Lipinski definition) is 2. The van der Waals surface area contributed by atoms with Crippen molar-refractivity contribution < 1.29 is 24.2 Å². The van der Waals surface area contributed by atoms with Crippen LogP contribution in [0.1, 0.15) is 28.7 Å². The number of carbonyl (C=O) groups excluding carboxylic acids is 2. The smallest absolute Gasteiger partial charge is 0.341 e. The molecule has 2 aromatic carbocycles. The van der Waals surface area contributed by atoms with E-state index in [0.717, 1.165) is 5.56 Å². The molecule has 0 heterocycles. The summed E-state index contributed by atoms with van der Waals surface area (Å²) in [6.45, 7) is 0. The maximum absolute atomic E-state index is 12.7. The molecule has 3 rings (SSSR count). The molecule has 0 unspecified atom stereocenters. The lowest BCUT2D eigenvalue weighted by atomic mass is 9.80. The quantitative estimate of drug-likeness (QED) is 0.793. The van der Waals surface area contributed by atoms with Gasteiger partial charge in [0.2, 0.25) is 0 Å². The average molecular weight is 379 g/mol. The van der Waals surface area contributed by atoms with E-state index in [1.165, 1.54) is 20.3 Å². The van der Waals surface area contributed by atoms with Gasteiger partial charge in [-0.05, 0) is 22.8 Å². The van der Waals surface area contributed by atoms with E-state index in [1.54, 1.807) is 12.1 Å². The summed E-state index contributed by atoms with van der Waals surface area (Å²) in [7, 11) is 2.42. The number of rotatable bonds is 4. The molecule has 0 bridgehead atoms. The molecule has 3 N–H and O–H groups in total. The van der Waals surface area contributed by atoms with Crippen LogP contribution in [0.15, 0.2) is 71.5 Å². The maximum Gasteiger partial charge on any atom is 0.341 e. The van der Waals surface area contributed by atoms with Crippen LogP contribution in [0.25, 0.3) is 6.08 Å². The van der Waals surface area contributed by atoms with Gasteiger partial charge >= 0.3 is 11.9 Å². The van der Waals surface area contributed by atoms with Crippen LogP contribution in [-0.4, -0.2) is 31.3 Å². The molecule has 144 valence electrons. The summed E-state index contributed by atoms with van der Waals surface area (Å²) >= 11 is 0. The number of benzene rings is 2. The van der Waals surface area contributed by atoms with Crippen LogP contribution in [0.2, 0.25) is 0 Å². The largest absolute Gasteiger partial charge is 0.506 e. The molecule has 0 aliphatic heterocycles. The molecule has 2 atom stereocenters. The number of esters is 2. The van der Waals surface area contributed by atoms with Crippen LogP contribution in [0.5, 0.6) is 0 Å². The monoisotopic (exact) mass is 379 g/mol. The second-order valence-electron chi connectivity index (χ2n) is 6.35. The Morgan fingerprint density at radius 2 is 1.57 bits per heavy atom. The number of ether oxygens (including phenoxy) is 2. The number of hydrogen-bond acceptors (Lipinski definition) is 6. The van der Waals surface area contributed by atoms with Crippen LogP contribution in [0.3, 0.4) is 0 Å². The first-order chi connectivity index (χ1) is 13.5. The number of methoxy groups -OCH3 is 2. The minimum absolute atomic E-state index is 0.0829. The van der Waals surface area contributed by atoms with Crippen LogP contribution in [0, 0.1) is 0 Å². The van der Waals surface area contributed by atoms with Crippen LogP contribution in [-0.2, 0) is 19.1 Å². The van der Waals surface area contributed by atoms with E-state index in [2.05, 4.69) is 0 Å². The molecule has 0 saturated carbocycles. The average Bonchev–Trinajstić information content (AvgIpc) is 2.87. The van der Waals surface area contributed by atoms with Gasteiger partial charge in [-0.25, -0.2) is 9.59 Å². The van der Waals surface area contributed by atoms with Gasteiger partial charge in [0.1, 0.15) is 11.3 Å². The first-order valence-electron chi connectivity index (χ1n) is 8.70. The third-order valence-electron chi connectivity index (χ3n) is 4.81. The fraction of sp³-hybridized carbons (Fsp3) is 0.182. The molecule has 0 radical (unpaired) electrons. The Labute approximate surface area is 162 Å². The molecule has 28 heavy (non-hydrogen) atoms. The zero-order valence-electron chi connectivity index (χ0n) is 15.6. The van der Waals surface area contributed by atoms with Gasteiger partial charge in [0, 0.05) is 12.0 Å². The number of carbonyl (C=O) groups is 2. The normalized spacial score (nSPS) is 17.1. The molecular weight excluding hydrogens is 358 g/mol. The van der Waals surface area contributed by atoms with Gasteiger partial charge < -0.3 is 20.3 Å². The maximum atomic E-state index is 12.7. The van der Waals surface area contributed by atoms with Crippen LogP contribution in [0.4, 0.5) is 0 Å². The van der Waals surface area contributed by atoms with Crippen molar-refractivity contribution in [1.82, 2.24) is 0 Å². The van der Waals surface area contributed by atoms with Crippen LogP contribution < -0.4 is 5.73 Å². The minimum Gasteiger partial charge on any atom is -0.506 e. The van der Waals surface area contributed by atoms with Gasteiger partial charge in [-0.15, -0.1) is 0 Å². The summed E-state index contributed by atoms with van der Waals surface area (Å²) in [5.74, 6) is -2.75. The Bertz CT molecular complexity index is 962. The molecule has 6 nitrogen and oxygen atoms in total. The van der Waals surface area contributed by atoms with E-state index in [4.69, 9.17) is 15.2 Å². The summed E-state index contributed by atoms with van der Waals surface area (Å²) in [6, 6.07) is 15.8. The van der Waals surface area contributed by atoms with E-state index >= 15 is 0 Å². The summed E-state index contributed by atoms with van der Waals surface area (Å²) in [5.41, 5.74) is 8.48. The first-order valence-corrected chi connectivity index (χ1v) is 8.70. The molecule has 0 aromatic heterocycles. The Balaban J connectivity index is 2.30. The zero-order chi connectivity index (χ0) is 20.3. The SMILES string of the molecule is COC(=O)C1=Cc2ccccc2[C@@H]([C@@H](N)c2ccccc2)C(C(=O)OC)=C1O. The fourth-order valence-electron chi connectivity index (χ4n) is 3.44. The molecule has 2 aromatic rings. The highest BCUT2D eigenvalue weighted by molar-refractivity contribution is 6.03. The van der Waals surface area contributed by atoms with Gasteiger partial charge in [0.05, 0.1) is 19.8 Å². The highest BCUT2D eigenvalue weighted by atomic mass is 16.5. The van der Waals surface area contributed by atoms with Crippen molar-refractivity contribution in [3.8, 4) is 0 Å². The van der Waals surface area contributed by atoms with Gasteiger partial charge in [-0.2, -0.15) is 0 Å². The lowest BCUT2D eigenvalue weighted by Crippen LogP contribution is -2.27. The van der Waals surface area contributed by atoms with Crippen molar-refractivity contribution in [1.29, 1.82) is 0 Å². The first kappa shape index (κ1) is 19.4. The van der Waals surface area contributed by atoms with E-state index in [9.17, 15) is 14.7 Å². The minimum atomic E-state index is -0.764. The zero-order valence-corrected chi connectivity index (χ0v) is 15.6. The van der Waals surface area contributed by atoms with Crippen molar-refractivity contribution >= 4 is 18.0 Å². The molecular formula is C22H21NO5. The number of nitrogens with two attached hydrogens (primary N) is 1. The highest BCUT2D eigenvalue weighted by Gasteiger charge is 2.38. The number of fused-ring (bicyclic) bond motifs is 1. The van der Waals surface area contributed by atoms with Gasteiger partial charge in [0.25, 0.3) is 0 Å². The topological polar surface area (TPSA) is 98.9 Å². The lowest BCUT2D eigenvalue weighted by molar-refractivity contribution is -0.136. The third-order valence-corrected chi connectivity index (χ3v) is 4.81. The Kier molecular flexibility index (Phi) is 5.61. The molecule has 6 heteroatoms. The standard InChI is InChI=1S/C22H21NO5/c1-27-21(25)16-12-14-10-6-7-11-15(14)17(18(20(16)24)22(26)28-2)19(23)13-8-4-3-5-9-13/h3-12,17,19,24H,23H2,1-2H3/t17-,19+/m1/s1. The molecule has 1 aliphatic rings. The Morgan fingerprint density at radius 3 is 2.21 bits per heavy atom. The molecule has 0 fully saturated rings. The summed E-state index contributed by atoms with van der Waals surface area (Å²) < 4.78 is 9.71. The molecule has 1 aliphatic carbocycles. The highest BCUT2D eigenvalue weighted by Crippen LogP contribution is 2.42. The Hall–Kier alpha value is -3.38. The second-order valence-corrected chi connectivity index (χ2v) is 6.35. The Morgan fingerprint density at radius 1 is 0.964 bits per heavy atom. The second kappa shape index (κ2) is 8.10. The molecule has 0 saturated heterocycles. The lowest BCUT2D eigenvalue weighted by Gasteiger charge is -2.27. The van der Waals surface area contributed by atoms with E-state index in [0.29, 0.717) is 11.1 Å². The van der Waals surface area contributed by atoms with E-state index in [-0.39, 0.29) is 11.1 Å². The summed E-state index contributed by atoms with van der Waals surface area (Å²) in [5, 5.41) is 10.9. The van der Waals surface area contributed by atoms with Crippen molar-refractivity contribution in [2.24, 2.45) is 5.73 Å². The predicted octanol–water partition coefficient (Wildman–Crippen LogP) is 3.03. The van der Waals surface area contributed by atoms with Gasteiger partial charge in [0.15, 0.2) is 0 Å².